The van der Waals surface area contributed by atoms with Gasteiger partial charge in [0.25, 0.3) is 0 Å². The molecule has 1 unspecified atom stereocenters. The van der Waals surface area contributed by atoms with Gasteiger partial charge in [-0.2, -0.15) is 0 Å². The molecule has 4 heterocycles. The molecule has 10 nitrogen and oxygen atoms in total. The Bertz CT molecular complexity index is 1840. The van der Waals surface area contributed by atoms with Crippen LogP contribution in [0.5, 0.6) is 5.75 Å². The number of rotatable bonds is 6. The van der Waals surface area contributed by atoms with Crippen LogP contribution in [0, 0.1) is 11.8 Å². The second-order valence-electron chi connectivity index (χ2n) is 12.0. The second kappa shape index (κ2) is 11.1. The molecule has 0 aliphatic carbocycles. The predicted molar refractivity (Wildman–Crippen MR) is 166 cm³/mol. The van der Waals surface area contributed by atoms with E-state index in [4.69, 9.17) is 13.9 Å². The molecule has 3 aliphatic rings. The minimum absolute atomic E-state index is 0.0675. The van der Waals surface area contributed by atoms with E-state index in [1.807, 2.05) is 80.6 Å². The highest BCUT2D eigenvalue weighted by atomic mass is 79.9. The molecule has 1 aromatic heterocycles. The van der Waals surface area contributed by atoms with Gasteiger partial charge in [0.1, 0.15) is 23.8 Å². The number of para-hydroxylation sites is 1. The number of aromatic carboxylic acids is 1. The van der Waals surface area contributed by atoms with Gasteiger partial charge in [-0.25, -0.2) is 9.78 Å². The molecule has 3 N–H and O–H groups in total. The molecule has 45 heavy (non-hydrogen) atoms. The van der Waals surface area contributed by atoms with Crippen molar-refractivity contribution in [2.24, 2.45) is 11.8 Å². The number of ether oxygens (including phenoxy) is 2. The van der Waals surface area contributed by atoms with E-state index in [1.165, 1.54) is 0 Å². The Balaban J connectivity index is 1.36. The topological polar surface area (TPSA) is 140 Å². The Morgan fingerprint density at radius 1 is 1.09 bits per heavy atom. The third-order valence-electron chi connectivity index (χ3n) is 8.76. The first kappa shape index (κ1) is 29.1. The number of aromatic nitrogens is 1. The Morgan fingerprint density at radius 2 is 1.89 bits per heavy atom. The number of anilines is 1. The Labute approximate surface area is 267 Å². The number of carboxylic acid groups (broad SMARTS) is 1. The normalized spacial score (nSPS) is 22.7. The Kier molecular flexibility index (Phi) is 7.15. The van der Waals surface area contributed by atoms with Crippen molar-refractivity contribution >= 4 is 39.5 Å². The lowest BCUT2D eigenvalue weighted by Crippen LogP contribution is -2.41. The highest BCUT2D eigenvalue weighted by molar-refractivity contribution is 9.10. The van der Waals surface area contributed by atoms with Crippen molar-refractivity contribution < 1.29 is 33.4 Å². The number of fused-ring (bicyclic) bond motifs is 4. The molecule has 4 atom stereocenters. The van der Waals surface area contributed by atoms with E-state index in [1.54, 1.807) is 0 Å². The maximum atomic E-state index is 13.9. The second-order valence-corrected chi connectivity index (χ2v) is 12.8. The van der Waals surface area contributed by atoms with Crippen LogP contribution in [-0.2, 0) is 32.8 Å². The van der Waals surface area contributed by atoms with Crippen LogP contribution in [0.25, 0.3) is 0 Å². The summed E-state index contributed by atoms with van der Waals surface area (Å²) in [5.74, 6) is -2.41. The van der Waals surface area contributed by atoms with Gasteiger partial charge >= 0.3 is 11.9 Å². The van der Waals surface area contributed by atoms with E-state index in [0.29, 0.717) is 11.3 Å². The highest BCUT2D eigenvalue weighted by Gasteiger charge is 2.61. The lowest BCUT2D eigenvalue weighted by atomic mass is 9.72. The number of esters is 1. The summed E-state index contributed by atoms with van der Waals surface area (Å²) in [4.78, 5) is 44.2. The summed E-state index contributed by atoms with van der Waals surface area (Å²) in [6, 6.07) is 19.9. The van der Waals surface area contributed by atoms with Gasteiger partial charge in [-0.3, -0.25) is 9.59 Å². The third-order valence-corrected chi connectivity index (χ3v) is 9.43. The number of carbonyl (C=O) groups is 3. The fourth-order valence-electron chi connectivity index (χ4n) is 6.60. The maximum Gasteiger partial charge on any atom is 0.358 e. The minimum Gasteiger partial charge on any atom is -0.476 e. The zero-order chi connectivity index (χ0) is 31.5. The molecule has 0 fully saturated rings. The van der Waals surface area contributed by atoms with Gasteiger partial charge in [0.2, 0.25) is 11.8 Å². The average Bonchev–Trinajstić information content (AvgIpc) is 3.68. The minimum atomic E-state index is -1.26. The SMILES string of the molecule is CC(C)[C@@H]1NC(=O)[C@@H](CC(=O)OCc2ccccc2)Cc2ccc3c(c2)C2(c4cccc(Br)c4N[C@H]2O3)c2oc1nc2C(=O)O. The Hall–Kier alpha value is -4.64. The van der Waals surface area contributed by atoms with Crippen LogP contribution < -0.4 is 15.4 Å². The van der Waals surface area contributed by atoms with E-state index in [-0.39, 0.29) is 48.6 Å². The van der Waals surface area contributed by atoms with Gasteiger partial charge < -0.3 is 29.6 Å². The van der Waals surface area contributed by atoms with E-state index >= 15 is 0 Å². The van der Waals surface area contributed by atoms with Crippen molar-refractivity contribution in [1.29, 1.82) is 0 Å². The highest BCUT2D eigenvalue weighted by Crippen LogP contribution is 2.59. The van der Waals surface area contributed by atoms with Crippen LogP contribution in [0.15, 0.2) is 75.6 Å². The van der Waals surface area contributed by atoms with Crippen LogP contribution in [0.3, 0.4) is 0 Å². The largest absolute Gasteiger partial charge is 0.476 e. The molecule has 11 heteroatoms. The monoisotopic (exact) mass is 671 g/mol. The molecular formula is C34H30BrN3O7. The third kappa shape index (κ3) is 4.77. The van der Waals surface area contributed by atoms with Crippen LogP contribution in [-0.4, -0.2) is 34.2 Å². The van der Waals surface area contributed by atoms with Gasteiger partial charge in [0.05, 0.1) is 18.0 Å². The van der Waals surface area contributed by atoms with Crippen molar-refractivity contribution in [3.8, 4) is 5.75 Å². The van der Waals surface area contributed by atoms with Gasteiger partial charge in [0.15, 0.2) is 17.7 Å². The summed E-state index contributed by atoms with van der Waals surface area (Å²) in [6.45, 7) is 3.87. The number of hydrogen-bond donors (Lipinski definition) is 3. The lowest BCUT2D eigenvalue weighted by Gasteiger charge is -2.28. The predicted octanol–water partition coefficient (Wildman–Crippen LogP) is 5.73. The standard InChI is InChI=1S/C34H30BrN3O7/c1-17(2)26-31-37-28(32(41)42)29(45-31)34-21-9-6-10-23(35)27(21)38-33(34)44-24-12-11-19(14-22(24)34)13-20(30(40)36-26)15-25(39)43-16-18-7-4-3-5-8-18/h3-12,14,17,20,26,33,38H,13,15-16H2,1-2H3,(H,36,40)(H,41,42)/t20-,26+,33+,34?/m1/s1. The van der Waals surface area contributed by atoms with Crippen LogP contribution in [0.1, 0.15) is 70.7 Å². The zero-order valence-electron chi connectivity index (χ0n) is 24.5. The molecule has 7 rings (SSSR count). The molecular weight excluding hydrogens is 642 g/mol. The van der Waals surface area contributed by atoms with Gasteiger partial charge in [0, 0.05) is 15.6 Å². The van der Waals surface area contributed by atoms with Crippen molar-refractivity contribution in [3.63, 3.8) is 0 Å². The first-order valence-corrected chi connectivity index (χ1v) is 15.6. The number of halogens is 1. The molecule has 230 valence electrons. The number of carbonyl (C=O) groups excluding carboxylic acids is 2. The van der Waals surface area contributed by atoms with Crippen molar-refractivity contribution in [1.82, 2.24) is 10.3 Å². The quantitative estimate of drug-likeness (QED) is 0.219. The molecule has 0 saturated carbocycles. The summed E-state index contributed by atoms with van der Waals surface area (Å²) < 4.78 is 19.3. The van der Waals surface area contributed by atoms with Crippen molar-refractivity contribution in [3.05, 3.63) is 111 Å². The fourth-order valence-corrected chi connectivity index (χ4v) is 7.08. The molecule has 3 aromatic carbocycles. The summed E-state index contributed by atoms with van der Waals surface area (Å²) in [7, 11) is 0. The molecule has 4 bridgehead atoms. The molecule has 3 aliphatic heterocycles. The van der Waals surface area contributed by atoms with E-state index in [0.717, 1.165) is 26.9 Å². The maximum absolute atomic E-state index is 13.9. The van der Waals surface area contributed by atoms with Crippen molar-refractivity contribution in [2.75, 3.05) is 5.32 Å². The van der Waals surface area contributed by atoms with Crippen LogP contribution >= 0.6 is 15.9 Å². The van der Waals surface area contributed by atoms with E-state index < -0.39 is 35.5 Å². The van der Waals surface area contributed by atoms with E-state index in [2.05, 4.69) is 31.5 Å². The molecule has 1 amide bonds. The summed E-state index contributed by atoms with van der Waals surface area (Å²) >= 11 is 3.63. The Morgan fingerprint density at radius 3 is 2.64 bits per heavy atom. The van der Waals surface area contributed by atoms with Crippen LogP contribution in [0.2, 0.25) is 0 Å². The number of amides is 1. The number of oxazole rings is 1. The van der Waals surface area contributed by atoms with Gasteiger partial charge in [-0.15, -0.1) is 0 Å². The van der Waals surface area contributed by atoms with Crippen molar-refractivity contribution in [2.45, 2.75) is 51.0 Å². The molecule has 0 saturated heterocycles. The van der Waals surface area contributed by atoms with Gasteiger partial charge in [-0.1, -0.05) is 68.4 Å². The number of carboxylic acids is 1. The fraction of sp³-hybridized carbons (Fsp3) is 0.294. The van der Waals surface area contributed by atoms with Crippen LogP contribution in [0.4, 0.5) is 5.69 Å². The summed E-state index contributed by atoms with van der Waals surface area (Å²) in [5.41, 5.74) is 2.38. The first-order chi connectivity index (χ1) is 21.7. The first-order valence-electron chi connectivity index (χ1n) is 14.8. The molecule has 4 aromatic rings. The van der Waals surface area contributed by atoms with Gasteiger partial charge in [-0.05, 0) is 51.5 Å². The summed E-state index contributed by atoms with van der Waals surface area (Å²) in [6.07, 6.45) is -0.643. The van der Waals surface area contributed by atoms with E-state index in [9.17, 15) is 19.5 Å². The molecule has 0 radical (unpaired) electrons. The average molecular weight is 673 g/mol. The zero-order valence-corrected chi connectivity index (χ0v) is 26.1. The number of nitrogens with one attached hydrogen (secondary N) is 2. The number of hydrogen-bond acceptors (Lipinski definition) is 8. The number of benzene rings is 3. The lowest BCUT2D eigenvalue weighted by molar-refractivity contribution is -0.148. The summed E-state index contributed by atoms with van der Waals surface area (Å²) in [5, 5.41) is 16.9. The smallest absolute Gasteiger partial charge is 0.358 e. The molecule has 1 spiro atoms. The number of nitrogens with zero attached hydrogens (tertiary/aromatic N) is 1.